The average Bonchev–Trinajstić information content (AvgIpc) is 2.37. The van der Waals surface area contributed by atoms with E-state index in [2.05, 4.69) is 36.5 Å². The van der Waals surface area contributed by atoms with Crippen molar-refractivity contribution in [1.82, 2.24) is 0 Å². The van der Waals surface area contributed by atoms with Gasteiger partial charge in [-0.05, 0) is 41.8 Å². The fourth-order valence-electron chi connectivity index (χ4n) is 1.71. The van der Waals surface area contributed by atoms with Gasteiger partial charge in [-0.1, -0.05) is 31.2 Å². The molecule has 0 saturated heterocycles. The number of hydrogen-bond acceptors (Lipinski definition) is 1. The molecule has 0 aliphatic heterocycles. The first kappa shape index (κ1) is 11.6. The molecule has 0 aromatic heterocycles. The Kier molecular flexibility index (Phi) is 3.76. The summed E-state index contributed by atoms with van der Waals surface area (Å²) < 4.78 is 13.0. The van der Waals surface area contributed by atoms with E-state index in [1.807, 2.05) is 6.07 Å². The zero-order valence-electron chi connectivity index (χ0n) is 9.91. The van der Waals surface area contributed by atoms with Gasteiger partial charge >= 0.3 is 0 Å². The number of hydrogen-bond donors (Lipinski definition) is 1. The van der Waals surface area contributed by atoms with Crippen molar-refractivity contribution in [3.8, 4) is 0 Å². The van der Waals surface area contributed by atoms with Gasteiger partial charge < -0.3 is 5.32 Å². The third kappa shape index (κ3) is 3.31. The van der Waals surface area contributed by atoms with E-state index in [-0.39, 0.29) is 5.82 Å². The zero-order valence-corrected chi connectivity index (χ0v) is 9.91. The van der Waals surface area contributed by atoms with Crippen LogP contribution < -0.4 is 5.32 Å². The van der Waals surface area contributed by atoms with Crippen molar-refractivity contribution in [2.75, 3.05) is 5.32 Å². The maximum absolute atomic E-state index is 13.0. The van der Waals surface area contributed by atoms with Crippen LogP contribution in [-0.4, -0.2) is 0 Å². The van der Waals surface area contributed by atoms with Crippen molar-refractivity contribution < 1.29 is 4.39 Å². The van der Waals surface area contributed by atoms with Crippen molar-refractivity contribution in [3.63, 3.8) is 0 Å². The second-order valence-electron chi connectivity index (χ2n) is 4.03. The van der Waals surface area contributed by atoms with Crippen LogP contribution in [0.4, 0.5) is 10.1 Å². The number of aryl methyl sites for hydroxylation is 1. The minimum Gasteiger partial charge on any atom is -0.381 e. The Morgan fingerprint density at radius 1 is 1.00 bits per heavy atom. The van der Waals surface area contributed by atoms with Gasteiger partial charge in [-0.25, -0.2) is 4.39 Å². The molecule has 2 heteroatoms. The van der Waals surface area contributed by atoms with Gasteiger partial charge in [0.25, 0.3) is 0 Å². The number of halogens is 1. The van der Waals surface area contributed by atoms with Crippen LogP contribution in [0.1, 0.15) is 18.1 Å². The summed E-state index contributed by atoms with van der Waals surface area (Å²) in [5.74, 6) is -0.189. The fraction of sp³-hybridized carbons (Fsp3) is 0.200. The molecule has 88 valence electrons. The number of benzene rings is 2. The Morgan fingerprint density at radius 3 is 2.41 bits per heavy atom. The summed E-state index contributed by atoms with van der Waals surface area (Å²) in [6, 6.07) is 15.0. The number of anilines is 1. The van der Waals surface area contributed by atoms with Crippen LogP contribution in [0.15, 0.2) is 48.5 Å². The molecule has 0 amide bonds. The molecule has 0 atom stereocenters. The highest BCUT2D eigenvalue weighted by molar-refractivity contribution is 5.45. The molecule has 2 rings (SSSR count). The van der Waals surface area contributed by atoms with Crippen molar-refractivity contribution >= 4 is 5.69 Å². The highest BCUT2D eigenvalue weighted by Gasteiger charge is 1.96. The lowest BCUT2D eigenvalue weighted by atomic mass is 10.1. The van der Waals surface area contributed by atoms with Crippen molar-refractivity contribution in [3.05, 3.63) is 65.5 Å². The van der Waals surface area contributed by atoms with E-state index in [0.717, 1.165) is 17.7 Å². The molecule has 2 aromatic rings. The highest BCUT2D eigenvalue weighted by atomic mass is 19.1. The summed E-state index contributed by atoms with van der Waals surface area (Å²) in [5.41, 5.74) is 3.33. The second kappa shape index (κ2) is 5.48. The minimum absolute atomic E-state index is 0.189. The van der Waals surface area contributed by atoms with Crippen molar-refractivity contribution in [2.45, 2.75) is 19.9 Å². The van der Waals surface area contributed by atoms with E-state index >= 15 is 0 Å². The monoisotopic (exact) mass is 229 g/mol. The van der Waals surface area contributed by atoms with Crippen LogP contribution in [0.25, 0.3) is 0 Å². The fourth-order valence-corrected chi connectivity index (χ4v) is 1.71. The molecular weight excluding hydrogens is 213 g/mol. The zero-order chi connectivity index (χ0) is 12.1. The van der Waals surface area contributed by atoms with Gasteiger partial charge in [-0.3, -0.25) is 0 Å². The molecule has 0 spiro atoms. The second-order valence-corrected chi connectivity index (χ2v) is 4.03. The number of rotatable bonds is 4. The summed E-state index contributed by atoms with van der Waals surface area (Å²) in [6.07, 6.45) is 1.05. The molecule has 0 unspecified atom stereocenters. The third-order valence-electron chi connectivity index (χ3n) is 2.75. The largest absolute Gasteiger partial charge is 0.381 e. The van der Waals surface area contributed by atoms with Crippen LogP contribution in [0.5, 0.6) is 0 Å². The van der Waals surface area contributed by atoms with Crippen LogP contribution in [0, 0.1) is 5.82 Å². The molecule has 2 aromatic carbocycles. The normalized spacial score (nSPS) is 10.2. The smallest absolute Gasteiger partial charge is 0.123 e. The summed E-state index contributed by atoms with van der Waals surface area (Å²) in [4.78, 5) is 0. The molecule has 0 fully saturated rings. The lowest BCUT2D eigenvalue weighted by Gasteiger charge is -2.07. The predicted molar refractivity (Wildman–Crippen MR) is 69.5 cm³/mol. The maximum atomic E-state index is 13.0. The predicted octanol–water partition coefficient (Wildman–Crippen LogP) is 4.00. The van der Waals surface area contributed by atoms with Crippen LogP contribution in [0.3, 0.4) is 0 Å². The standard InChI is InChI=1S/C15H16FN/c1-2-12-6-8-15(9-7-12)17-11-13-4-3-5-14(16)10-13/h3-10,17H,2,11H2,1H3. The molecule has 0 aliphatic carbocycles. The van der Waals surface area contributed by atoms with Crippen LogP contribution in [-0.2, 0) is 13.0 Å². The highest BCUT2D eigenvalue weighted by Crippen LogP contribution is 2.12. The van der Waals surface area contributed by atoms with Gasteiger partial charge in [-0.2, -0.15) is 0 Å². The average molecular weight is 229 g/mol. The maximum Gasteiger partial charge on any atom is 0.123 e. The summed E-state index contributed by atoms with van der Waals surface area (Å²) in [7, 11) is 0. The summed E-state index contributed by atoms with van der Waals surface area (Å²) in [6.45, 7) is 2.78. The summed E-state index contributed by atoms with van der Waals surface area (Å²) in [5, 5.41) is 3.27. The van der Waals surface area contributed by atoms with Gasteiger partial charge in [0, 0.05) is 12.2 Å². The first-order chi connectivity index (χ1) is 8.28. The van der Waals surface area contributed by atoms with Gasteiger partial charge in [0.2, 0.25) is 0 Å². The molecule has 17 heavy (non-hydrogen) atoms. The Morgan fingerprint density at radius 2 is 1.76 bits per heavy atom. The van der Waals surface area contributed by atoms with Gasteiger partial charge in [0.05, 0.1) is 0 Å². The quantitative estimate of drug-likeness (QED) is 0.835. The SMILES string of the molecule is CCc1ccc(NCc2cccc(F)c2)cc1. The first-order valence-corrected chi connectivity index (χ1v) is 5.85. The third-order valence-corrected chi connectivity index (χ3v) is 2.75. The molecular formula is C15H16FN. The molecule has 1 N–H and O–H groups in total. The molecule has 0 saturated carbocycles. The lowest BCUT2D eigenvalue weighted by molar-refractivity contribution is 0.626. The Bertz CT molecular complexity index is 477. The molecule has 0 heterocycles. The Balaban J connectivity index is 1.97. The molecule has 0 radical (unpaired) electrons. The van der Waals surface area contributed by atoms with Gasteiger partial charge in [-0.15, -0.1) is 0 Å². The number of nitrogens with one attached hydrogen (secondary N) is 1. The van der Waals surface area contributed by atoms with Crippen molar-refractivity contribution in [2.24, 2.45) is 0 Å². The lowest BCUT2D eigenvalue weighted by Crippen LogP contribution is -1.99. The molecule has 0 aliphatic rings. The van der Waals surface area contributed by atoms with Crippen LogP contribution in [0.2, 0.25) is 0 Å². The van der Waals surface area contributed by atoms with E-state index in [1.165, 1.54) is 11.6 Å². The topological polar surface area (TPSA) is 12.0 Å². The molecule has 1 nitrogen and oxygen atoms in total. The summed E-state index contributed by atoms with van der Waals surface area (Å²) >= 11 is 0. The van der Waals surface area contributed by atoms with Crippen LogP contribution >= 0.6 is 0 Å². The van der Waals surface area contributed by atoms with E-state index in [1.54, 1.807) is 12.1 Å². The Labute approximate surface area is 101 Å². The first-order valence-electron chi connectivity index (χ1n) is 5.85. The van der Waals surface area contributed by atoms with E-state index < -0.39 is 0 Å². The molecule has 0 bridgehead atoms. The van der Waals surface area contributed by atoms with Crippen molar-refractivity contribution in [1.29, 1.82) is 0 Å². The van der Waals surface area contributed by atoms with E-state index in [9.17, 15) is 4.39 Å². The van der Waals surface area contributed by atoms with Gasteiger partial charge in [0.1, 0.15) is 5.82 Å². The minimum atomic E-state index is -0.189. The Hall–Kier alpha value is -1.83. The van der Waals surface area contributed by atoms with Gasteiger partial charge in [0.15, 0.2) is 0 Å². The van der Waals surface area contributed by atoms with E-state index in [0.29, 0.717) is 6.54 Å². The van der Waals surface area contributed by atoms with E-state index in [4.69, 9.17) is 0 Å².